The van der Waals surface area contributed by atoms with Crippen LogP contribution < -0.4 is 0 Å². The summed E-state index contributed by atoms with van der Waals surface area (Å²) in [6.07, 6.45) is 0.278. The molecule has 5 nitrogen and oxygen atoms in total. The quantitative estimate of drug-likeness (QED) is 0.860. The zero-order chi connectivity index (χ0) is 15.5. The Balaban J connectivity index is 3.31. The second-order valence-electron chi connectivity index (χ2n) is 4.20. The van der Waals surface area contributed by atoms with Gasteiger partial charge in [-0.3, -0.25) is 0 Å². The molecule has 1 aromatic carbocycles. The second-order valence-corrected chi connectivity index (χ2v) is 7.35. The predicted molar refractivity (Wildman–Crippen MR) is 76.6 cm³/mol. The normalized spacial score (nSPS) is 13.2. The summed E-state index contributed by atoms with van der Waals surface area (Å²) < 4.78 is 29.6. The Kier molecular flexibility index (Phi) is 5.82. The van der Waals surface area contributed by atoms with Crippen molar-refractivity contribution in [2.45, 2.75) is 23.5 Å². The van der Waals surface area contributed by atoms with Crippen LogP contribution in [-0.2, 0) is 14.6 Å². The molecule has 0 fully saturated rings. The Bertz CT molecular complexity index is 613. The summed E-state index contributed by atoms with van der Waals surface area (Å²) in [5, 5.41) is 8.04. The van der Waals surface area contributed by atoms with Crippen molar-refractivity contribution >= 4 is 39.0 Å². The van der Waals surface area contributed by atoms with Crippen LogP contribution in [0.3, 0.4) is 0 Å². The summed E-state index contributed by atoms with van der Waals surface area (Å²) in [5.74, 6) is -1.31. The fourth-order valence-electron chi connectivity index (χ4n) is 1.57. The third-order valence-electron chi connectivity index (χ3n) is 2.82. The van der Waals surface area contributed by atoms with Crippen LogP contribution in [0.2, 0.25) is 10.0 Å². The lowest BCUT2D eigenvalue weighted by Gasteiger charge is -2.14. The van der Waals surface area contributed by atoms with Crippen LogP contribution in [0.1, 0.15) is 23.7 Å². The van der Waals surface area contributed by atoms with Gasteiger partial charge in [0.1, 0.15) is 0 Å². The Morgan fingerprint density at radius 3 is 2.45 bits per heavy atom. The van der Waals surface area contributed by atoms with E-state index in [1.807, 2.05) is 0 Å². The molecule has 0 saturated carbocycles. The van der Waals surface area contributed by atoms with Gasteiger partial charge in [0.2, 0.25) is 0 Å². The molecule has 0 aliphatic heterocycles. The molecule has 1 atom stereocenters. The summed E-state index contributed by atoms with van der Waals surface area (Å²) in [4.78, 5) is 10.8. The minimum Gasteiger partial charge on any atom is -0.478 e. The van der Waals surface area contributed by atoms with Gasteiger partial charge in [0, 0.05) is 13.7 Å². The number of aromatic carboxylic acids is 1. The highest BCUT2D eigenvalue weighted by atomic mass is 35.5. The van der Waals surface area contributed by atoms with Gasteiger partial charge >= 0.3 is 5.97 Å². The maximum Gasteiger partial charge on any atom is 0.337 e. The molecule has 8 heteroatoms. The summed E-state index contributed by atoms with van der Waals surface area (Å²) in [6.45, 7) is 1.79. The van der Waals surface area contributed by atoms with Gasteiger partial charge in [0.15, 0.2) is 9.84 Å². The molecule has 1 unspecified atom stereocenters. The molecule has 1 rings (SSSR count). The topological polar surface area (TPSA) is 80.7 Å². The predicted octanol–water partition coefficient (Wildman–Crippen LogP) is 2.89. The van der Waals surface area contributed by atoms with Crippen LogP contribution in [-0.4, -0.2) is 38.5 Å². The van der Waals surface area contributed by atoms with E-state index in [9.17, 15) is 13.2 Å². The number of halogens is 2. The maximum atomic E-state index is 12.4. The highest BCUT2D eigenvalue weighted by Crippen LogP contribution is 2.31. The SMILES string of the molecule is COCCC(C)S(=O)(=O)c1cc(C(=O)O)c(Cl)cc1Cl. The molecule has 0 amide bonds. The highest BCUT2D eigenvalue weighted by Gasteiger charge is 2.27. The summed E-state index contributed by atoms with van der Waals surface area (Å²) in [6, 6.07) is 2.12. The molecule has 0 aromatic heterocycles. The third-order valence-corrected chi connectivity index (χ3v) is 5.80. The molecule has 20 heavy (non-hydrogen) atoms. The number of rotatable bonds is 6. The van der Waals surface area contributed by atoms with Crippen molar-refractivity contribution in [1.82, 2.24) is 0 Å². The van der Waals surface area contributed by atoms with E-state index in [2.05, 4.69) is 0 Å². The van der Waals surface area contributed by atoms with E-state index in [0.717, 1.165) is 12.1 Å². The molecule has 0 saturated heterocycles. The maximum absolute atomic E-state index is 12.4. The molecule has 0 aliphatic rings. The van der Waals surface area contributed by atoms with Crippen molar-refractivity contribution in [3.05, 3.63) is 27.7 Å². The number of sulfone groups is 1. The Morgan fingerprint density at radius 1 is 1.35 bits per heavy atom. The second kappa shape index (κ2) is 6.76. The summed E-state index contributed by atoms with van der Waals surface area (Å²) in [5.41, 5.74) is -0.298. The number of hydrogen-bond acceptors (Lipinski definition) is 4. The van der Waals surface area contributed by atoms with Gasteiger partial charge in [-0.1, -0.05) is 23.2 Å². The molecule has 1 N–H and O–H groups in total. The Morgan fingerprint density at radius 2 is 1.95 bits per heavy atom. The Hall–Kier alpha value is -0.820. The monoisotopic (exact) mass is 340 g/mol. The van der Waals surface area contributed by atoms with Crippen LogP contribution in [0.15, 0.2) is 17.0 Å². The van der Waals surface area contributed by atoms with E-state index in [-0.39, 0.29) is 33.5 Å². The fraction of sp³-hybridized carbons (Fsp3) is 0.417. The van der Waals surface area contributed by atoms with Gasteiger partial charge in [0.25, 0.3) is 0 Å². The van der Waals surface area contributed by atoms with Gasteiger partial charge in [-0.15, -0.1) is 0 Å². The van der Waals surface area contributed by atoms with Crippen LogP contribution in [0.4, 0.5) is 0 Å². The number of carbonyl (C=O) groups is 1. The highest BCUT2D eigenvalue weighted by molar-refractivity contribution is 7.92. The van der Waals surface area contributed by atoms with E-state index in [1.54, 1.807) is 0 Å². The van der Waals surface area contributed by atoms with Crippen molar-refractivity contribution in [2.75, 3.05) is 13.7 Å². The Labute approximate surface area is 127 Å². The van der Waals surface area contributed by atoms with Crippen LogP contribution >= 0.6 is 23.2 Å². The lowest BCUT2D eigenvalue weighted by Crippen LogP contribution is -2.20. The molecule has 1 aromatic rings. The van der Waals surface area contributed by atoms with Crippen molar-refractivity contribution in [2.24, 2.45) is 0 Å². The molecule has 112 valence electrons. The molecule has 0 aliphatic carbocycles. The van der Waals surface area contributed by atoms with E-state index in [1.165, 1.54) is 14.0 Å². The van der Waals surface area contributed by atoms with Crippen LogP contribution in [0.25, 0.3) is 0 Å². The van der Waals surface area contributed by atoms with E-state index in [0.29, 0.717) is 0 Å². The van der Waals surface area contributed by atoms with Gasteiger partial charge in [-0.2, -0.15) is 0 Å². The first-order chi connectivity index (χ1) is 9.21. The van der Waals surface area contributed by atoms with Gasteiger partial charge in [-0.05, 0) is 25.5 Å². The molecule has 0 spiro atoms. The van der Waals surface area contributed by atoms with E-state index >= 15 is 0 Å². The van der Waals surface area contributed by atoms with Crippen molar-refractivity contribution in [3.63, 3.8) is 0 Å². The summed E-state index contributed by atoms with van der Waals surface area (Å²) in [7, 11) is -2.28. The zero-order valence-corrected chi connectivity index (χ0v) is 13.2. The number of hydrogen-bond donors (Lipinski definition) is 1. The average Bonchev–Trinajstić information content (AvgIpc) is 2.34. The number of ether oxygens (including phenoxy) is 1. The first-order valence-corrected chi connectivity index (χ1v) is 7.97. The molecule has 0 heterocycles. The smallest absolute Gasteiger partial charge is 0.337 e. The molecular formula is C12H14Cl2O5S. The van der Waals surface area contributed by atoms with E-state index in [4.69, 9.17) is 33.0 Å². The molecule has 0 bridgehead atoms. The van der Waals surface area contributed by atoms with Crippen molar-refractivity contribution in [1.29, 1.82) is 0 Å². The number of carboxylic acids is 1. The lowest BCUT2D eigenvalue weighted by atomic mass is 10.2. The average molecular weight is 341 g/mol. The van der Waals surface area contributed by atoms with Gasteiger partial charge in [0.05, 0.1) is 25.8 Å². The minimum absolute atomic E-state index is 0.0933. The fourth-order valence-corrected chi connectivity index (χ4v) is 3.81. The first kappa shape index (κ1) is 17.2. The summed E-state index contributed by atoms with van der Waals surface area (Å²) >= 11 is 11.6. The zero-order valence-electron chi connectivity index (χ0n) is 10.9. The van der Waals surface area contributed by atoms with Gasteiger partial charge in [-0.25, -0.2) is 13.2 Å². The standard InChI is InChI=1S/C12H14Cl2O5S/c1-7(3-4-19-2)20(17,18)11-5-8(12(15)16)9(13)6-10(11)14/h5-7H,3-4H2,1-2H3,(H,15,16). The molecular weight excluding hydrogens is 327 g/mol. The first-order valence-electron chi connectivity index (χ1n) is 5.67. The van der Waals surface area contributed by atoms with Crippen molar-refractivity contribution < 1.29 is 23.1 Å². The van der Waals surface area contributed by atoms with Gasteiger partial charge < -0.3 is 9.84 Å². The largest absolute Gasteiger partial charge is 0.478 e. The van der Waals surface area contributed by atoms with E-state index < -0.39 is 21.1 Å². The lowest BCUT2D eigenvalue weighted by molar-refractivity contribution is 0.0697. The number of methoxy groups -OCH3 is 1. The van der Waals surface area contributed by atoms with Crippen LogP contribution in [0.5, 0.6) is 0 Å². The third kappa shape index (κ3) is 3.63. The number of benzene rings is 1. The minimum atomic E-state index is -3.75. The van der Waals surface area contributed by atoms with Crippen LogP contribution in [0, 0.1) is 0 Å². The van der Waals surface area contributed by atoms with Crippen molar-refractivity contribution in [3.8, 4) is 0 Å². The molecule has 0 radical (unpaired) electrons. The number of carboxylic acid groups (broad SMARTS) is 1.